The van der Waals surface area contributed by atoms with E-state index in [0.29, 0.717) is 0 Å². The molecule has 126 valence electrons. The van der Waals surface area contributed by atoms with Crippen LogP contribution in [0.1, 0.15) is 60.8 Å². The van der Waals surface area contributed by atoms with Crippen molar-refractivity contribution in [3.63, 3.8) is 0 Å². The van der Waals surface area contributed by atoms with E-state index >= 15 is 0 Å². The van der Waals surface area contributed by atoms with Crippen molar-refractivity contribution >= 4 is 5.97 Å². The lowest BCUT2D eigenvalue weighted by Gasteiger charge is -2.33. The van der Waals surface area contributed by atoms with Gasteiger partial charge >= 0.3 is 5.97 Å². The van der Waals surface area contributed by atoms with Crippen LogP contribution < -0.4 is 0 Å². The van der Waals surface area contributed by atoms with E-state index in [1.807, 2.05) is 12.2 Å². The normalized spacial score (nSPS) is 20.3. The predicted octanol–water partition coefficient (Wildman–Crippen LogP) is 5.99. The Bertz CT molecular complexity index is 608. The second-order valence-corrected chi connectivity index (χ2v) is 7.19. The van der Waals surface area contributed by atoms with Crippen LogP contribution in [-0.4, -0.2) is 11.1 Å². The molecule has 0 aromatic heterocycles. The van der Waals surface area contributed by atoms with Gasteiger partial charge in [-0.2, -0.15) is 0 Å². The Morgan fingerprint density at radius 1 is 1.09 bits per heavy atom. The van der Waals surface area contributed by atoms with Gasteiger partial charge in [-0.3, -0.25) is 0 Å². The second-order valence-electron chi connectivity index (χ2n) is 7.19. The molecule has 0 aromatic carbocycles. The Morgan fingerprint density at radius 3 is 2.26 bits per heavy atom. The first kappa shape index (κ1) is 19.2. The number of carboxylic acids is 1. The molecule has 23 heavy (non-hydrogen) atoms. The minimum absolute atomic E-state index is 0.254. The van der Waals surface area contributed by atoms with Crippen molar-refractivity contribution in [3.05, 3.63) is 58.2 Å². The lowest BCUT2D eigenvalue weighted by molar-refractivity contribution is -0.131. The first-order chi connectivity index (χ1) is 10.6. The molecule has 1 aliphatic rings. The highest BCUT2D eigenvalue weighted by Crippen LogP contribution is 2.40. The molecule has 0 atom stereocenters. The Labute approximate surface area is 141 Å². The molecule has 1 rings (SSSR count). The highest BCUT2D eigenvalue weighted by atomic mass is 16.4. The second kappa shape index (κ2) is 8.14. The summed E-state index contributed by atoms with van der Waals surface area (Å²) in [6, 6.07) is 0. The third-order valence-corrected chi connectivity index (χ3v) is 4.61. The SMILES string of the molecule is CC(C=CC(C)=C(C)C=CC1=C(C)CCCC1(C)C)=CC(=O)O. The highest BCUT2D eigenvalue weighted by Gasteiger charge is 2.26. The summed E-state index contributed by atoms with van der Waals surface area (Å²) in [6.45, 7) is 12.8. The zero-order valence-corrected chi connectivity index (χ0v) is 15.4. The van der Waals surface area contributed by atoms with Crippen LogP contribution >= 0.6 is 0 Å². The van der Waals surface area contributed by atoms with Crippen LogP contribution in [0.4, 0.5) is 0 Å². The van der Waals surface area contributed by atoms with Gasteiger partial charge in [-0.25, -0.2) is 4.79 Å². The number of aliphatic carboxylic acids is 1. The van der Waals surface area contributed by atoms with Gasteiger partial charge in [-0.15, -0.1) is 0 Å². The van der Waals surface area contributed by atoms with Gasteiger partial charge in [0.05, 0.1) is 0 Å². The molecule has 0 bridgehead atoms. The topological polar surface area (TPSA) is 37.3 Å². The summed E-state index contributed by atoms with van der Waals surface area (Å²) in [4.78, 5) is 10.6. The zero-order valence-electron chi connectivity index (χ0n) is 15.4. The number of hydrogen-bond donors (Lipinski definition) is 1. The smallest absolute Gasteiger partial charge is 0.328 e. The fourth-order valence-electron chi connectivity index (χ4n) is 2.98. The van der Waals surface area contributed by atoms with Crippen LogP contribution in [0, 0.1) is 5.41 Å². The molecule has 0 aliphatic heterocycles. The van der Waals surface area contributed by atoms with Crippen LogP contribution in [0.5, 0.6) is 0 Å². The standard InChI is InChI=1S/C21H30O2/c1-15(14-20(22)23)9-10-16(2)17(3)11-12-19-18(4)8-7-13-21(19,5)6/h9-12,14H,7-8,13H2,1-6H3,(H,22,23). The van der Waals surface area contributed by atoms with Crippen LogP contribution in [0.2, 0.25) is 0 Å². The van der Waals surface area contributed by atoms with Gasteiger partial charge in [0.25, 0.3) is 0 Å². The average Bonchev–Trinajstić information content (AvgIpc) is 2.42. The van der Waals surface area contributed by atoms with Crippen molar-refractivity contribution in [2.75, 3.05) is 0 Å². The number of hydrogen-bond acceptors (Lipinski definition) is 1. The largest absolute Gasteiger partial charge is 0.478 e. The molecule has 0 aromatic rings. The molecule has 0 heterocycles. The summed E-state index contributed by atoms with van der Waals surface area (Å²) in [5.41, 5.74) is 6.29. The zero-order chi connectivity index (χ0) is 17.6. The Morgan fingerprint density at radius 2 is 1.70 bits per heavy atom. The summed E-state index contributed by atoms with van der Waals surface area (Å²) in [7, 11) is 0. The molecule has 0 spiro atoms. The van der Waals surface area contributed by atoms with Crippen molar-refractivity contribution in [2.45, 2.75) is 60.8 Å². The van der Waals surface area contributed by atoms with Gasteiger partial charge in [-0.05, 0) is 74.7 Å². The fraction of sp³-hybridized carbons (Fsp3) is 0.476. The maximum atomic E-state index is 10.6. The van der Waals surface area contributed by atoms with E-state index in [2.05, 4.69) is 46.8 Å². The van der Waals surface area contributed by atoms with Crippen molar-refractivity contribution in [3.8, 4) is 0 Å². The van der Waals surface area contributed by atoms with Gasteiger partial charge in [0, 0.05) is 6.08 Å². The maximum absolute atomic E-state index is 10.6. The van der Waals surface area contributed by atoms with Crippen molar-refractivity contribution in [1.29, 1.82) is 0 Å². The van der Waals surface area contributed by atoms with Crippen LogP contribution in [0.25, 0.3) is 0 Å². The maximum Gasteiger partial charge on any atom is 0.328 e. The third-order valence-electron chi connectivity index (χ3n) is 4.61. The first-order valence-electron chi connectivity index (χ1n) is 8.28. The Hall–Kier alpha value is -1.83. The van der Waals surface area contributed by atoms with E-state index in [9.17, 15) is 4.79 Å². The van der Waals surface area contributed by atoms with E-state index in [0.717, 1.165) is 11.1 Å². The number of allylic oxidation sites excluding steroid dienone is 9. The molecular formula is C21H30O2. The van der Waals surface area contributed by atoms with E-state index in [1.54, 1.807) is 6.92 Å². The molecular weight excluding hydrogens is 284 g/mol. The summed E-state index contributed by atoms with van der Waals surface area (Å²) in [6.07, 6.45) is 13.2. The van der Waals surface area contributed by atoms with Gasteiger partial charge in [0.15, 0.2) is 0 Å². The van der Waals surface area contributed by atoms with Crippen molar-refractivity contribution in [1.82, 2.24) is 0 Å². The highest BCUT2D eigenvalue weighted by molar-refractivity contribution is 5.81. The number of rotatable bonds is 5. The Kier molecular flexibility index (Phi) is 6.80. The molecule has 0 saturated heterocycles. The quantitative estimate of drug-likeness (QED) is 0.499. The van der Waals surface area contributed by atoms with E-state index in [4.69, 9.17) is 5.11 Å². The summed E-state index contributed by atoms with van der Waals surface area (Å²) in [5, 5.41) is 8.72. The molecule has 0 fully saturated rings. The van der Waals surface area contributed by atoms with Crippen molar-refractivity contribution < 1.29 is 9.90 Å². The lowest BCUT2D eigenvalue weighted by atomic mass is 9.72. The van der Waals surface area contributed by atoms with Gasteiger partial charge in [0.2, 0.25) is 0 Å². The molecule has 1 aliphatic carbocycles. The fourth-order valence-corrected chi connectivity index (χ4v) is 2.98. The number of carbonyl (C=O) groups is 1. The summed E-state index contributed by atoms with van der Waals surface area (Å²) >= 11 is 0. The van der Waals surface area contributed by atoms with E-state index in [-0.39, 0.29) is 5.41 Å². The average molecular weight is 314 g/mol. The van der Waals surface area contributed by atoms with Crippen molar-refractivity contribution in [2.24, 2.45) is 5.41 Å². The molecule has 2 nitrogen and oxygen atoms in total. The van der Waals surface area contributed by atoms with E-state index < -0.39 is 5.97 Å². The predicted molar refractivity (Wildman–Crippen MR) is 98.4 cm³/mol. The Balaban J connectivity index is 2.94. The van der Waals surface area contributed by atoms with Crippen LogP contribution in [0.15, 0.2) is 58.2 Å². The molecule has 1 N–H and O–H groups in total. The molecule has 0 radical (unpaired) electrons. The molecule has 0 amide bonds. The molecule has 2 heteroatoms. The van der Waals surface area contributed by atoms with E-state index in [1.165, 1.54) is 42.1 Å². The lowest BCUT2D eigenvalue weighted by Crippen LogP contribution is -2.19. The minimum Gasteiger partial charge on any atom is -0.478 e. The van der Waals surface area contributed by atoms with Gasteiger partial charge in [-0.1, -0.05) is 43.7 Å². The van der Waals surface area contributed by atoms with Crippen LogP contribution in [0.3, 0.4) is 0 Å². The molecule has 0 saturated carbocycles. The third kappa shape index (κ3) is 6.05. The van der Waals surface area contributed by atoms with Gasteiger partial charge in [0.1, 0.15) is 0 Å². The number of carboxylic acid groups (broad SMARTS) is 1. The van der Waals surface area contributed by atoms with Gasteiger partial charge < -0.3 is 5.11 Å². The minimum atomic E-state index is -0.910. The summed E-state index contributed by atoms with van der Waals surface area (Å²) < 4.78 is 0. The summed E-state index contributed by atoms with van der Waals surface area (Å²) in [5.74, 6) is -0.910. The van der Waals surface area contributed by atoms with Crippen LogP contribution in [-0.2, 0) is 4.79 Å². The monoisotopic (exact) mass is 314 g/mol. The first-order valence-corrected chi connectivity index (χ1v) is 8.28. The molecule has 0 unspecified atom stereocenters.